The van der Waals surface area contributed by atoms with Crippen LogP contribution in [0.15, 0.2) is 18.2 Å². The normalized spacial score (nSPS) is 12.4. The highest BCUT2D eigenvalue weighted by molar-refractivity contribution is 6.32. The second-order valence-corrected chi connectivity index (χ2v) is 4.28. The van der Waals surface area contributed by atoms with E-state index in [1.807, 2.05) is 0 Å². The highest BCUT2D eigenvalue weighted by Crippen LogP contribution is 2.38. The predicted molar refractivity (Wildman–Crippen MR) is 60.3 cm³/mol. The number of rotatable bonds is 0. The Morgan fingerprint density at radius 3 is 2.81 bits per heavy atom. The van der Waals surface area contributed by atoms with E-state index in [-0.39, 0.29) is 11.1 Å². The van der Waals surface area contributed by atoms with E-state index in [0.29, 0.717) is 17.3 Å². The van der Waals surface area contributed by atoms with Gasteiger partial charge in [0.25, 0.3) is 0 Å². The lowest BCUT2D eigenvalue weighted by atomic mass is 10.1. The van der Waals surface area contributed by atoms with Crippen molar-refractivity contribution >= 4 is 23.2 Å². The summed E-state index contributed by atoms with van der Waals surface area (Å²) in [5.74, 6) is -0.262. The van der Waals surface area contributed by atoms with Crippen LogP contribution in [0.25, 0.3) is 11.3 Å². The molecule has 0 amide bonds. The standard InChI is InChI=1S/C11H5Cl2FN2/c12-10-8-4-5-3-6(14)1-2-7(5)9(8)15-11(13)16-10/h1-3H,4H2. The molecule has 1 aliphatic carbocycles. The van der Waals surface area contributed by atoms with Gasteiger partial charge >= 0.3 is 0 Å². The molecule has 2 nitrogen and oxygen atoms in total. The lowest BCUT2D eigenvalue weighted by Crippen LogP contribution is -1.91. The van der Waals surface area contributed by atoms with Gasteiger partial charge in [-0.15, -0.1) is 0 Å². The maximum atomic E-state index is 13.1. The van der Waals surface area contributed by atoms with E-state index in [0.717, 1.165) is 16.7 Å². The van der Waals surface area contributed by atoms with Crippen molar-refractivity contribution < 1.29 is 4.39 Å². The molecule has 0 bridgehead atoms. The maximum absolute atomic E-state index is 13.1. The number of fused-ring (bicyclic) bond motifs is 3. The Bertz CT molecular complexity index is 599. The van der Waals surface area contributed by atoms with E-state index >= 15 is 0 Å². The average molecular weight is 255 g/mol. The molecule has 3 rings (SSSR count). The molecule has 16 heavy (non-hydrogen) atoms. The minimum Gasteiger partial charge on any atom is -0.217 e. The summed E-state index contributed by atoms with van der Waals surface area (Å²) in [7, 11) is 0. The van der Waals surface area contributed by atoms with Crippen molar-refractivity contribution in [3.05, 3.63) is 45.6 Å². The van der Waals surface area contributed by atoms with Crippen LogP contribution >= 0.6 is 23.2 Å². The van der Waals surface area contributed by atoms with Gasteiger partial charge in [-0.2, -0.15) is 0 Å². The third kappa shape index (κ3) is 1.39. The first-order chi connectivity index (χ1) is 7.65. The van der Waals surface area contributed by atoms with Gasteiger partial charge in [0.1, 0.15) is 11.0 Å². The zero-order chi connectivity index (χ0) is 11.3. The summed E-state index contributed by atoms with van der Waals surface area (Å²) >= 11 is 11.7. The minimum absolute atomic E-state index is 0.112. The van der Waals surface area contributed by atoms with Gasteiger partial charge in [0.05, 0.1) is 5.69 Å². The van der Waals surface area contributed by atoms with Gasteiger partial charge in [0.2, 0.25) is 5.28 Å². The van der Waals surface area contributed by atoms with E-state index in [9.17, 15) is 4.39 Å². The van der Waals surface area contributed by atoms with E-state index < -0.39 is 0 Å². The first-order valence-corrected chi connectivity index (χ1v) is 5.41. The van der Waals surface area contributed by atoms with Gasteiger partial charge in [-0.05, 0) is 35.4 Å². The Hall–Kier alpha value is -1.19. The minimum atomic E-state index is -0.262. The first kappa shape index (κ1) is 10.00. The second kappa shape index (κ2) is 3.40. The van der Waals surface area contributed by atoms with E-state index in [1.165, 1.54) is 12.1 Å². The molecule has 0 saturated carbocycles. The van der Waals surface area contributed by atoms with Crippen LogP contribution in [0.1, 0.15) is 11.1 Å². The fourth-order valence-electron chi connectivity index (χ4n) is 1.94. The van der Waals surface area contributed by atoms with Crippen LogP contribution in [-0.4, -0.2) is 9.97 Å². The molecule has 0 fully saturated rings. The number of nitrogens with zero attached hydrogens (tertiary/aromatic N) is 2. The Morgan fingerprint density at radius 2 is 2.00 bits per heavy atom. The van der Waals surface area contributed by atoms with Crippen molar-refractivity contribution in [3.8, 4) is 11.3 Å². The van der Waals surface area contributed by atoms with Crippen LogP contribution in [0.5, 0.6) is 0 Å². The summed E-state index contributed by atoms with van der Waals surface area (Å²) in [6.07, 6.45) is 0.554. The average Bonchev–Trinajstić information content (AvgIpc) is 2.56. The number of aromatic nitrogens is 2. The molecule has 1 aliphatic rings. The van der Waals surface area contributed by atoms with Gasteiger partial charge in [0.15, 0.2) is 0 Å². The van der Waals surface area contributed by atoms with E-state index in [4.69, 9.17) is 23.2 Å². The molecule has 1 heterocycles. The van der Waals surface area contributed by atoms with Crippen LogP contribution in [0.3, 0.4) is 0 Å². The number of hydrogen-bond acceptors (Lipinski definition) is 2. The quantitative estimate of drug-likeness (QED) is 0.454. The maximum Gasteiger partial charge on any atom is 0.224 e. The highest BCUT2D eigenvalue weighted by Gasteiger charge is 2.24. The summed E-state index contributed by atoms with van der Waals surface area (Å²) in [6.45, 7) is 0. The number of halogens is 3. The molecule has 0 N–H and O–H groups in total. The van der Waals surface area contributed by atoms with Gasteiger partial charge in [-0.25, -0.2) is 14.4 Å². The molecule has 5 heteroatoms. The Balaban J connectivity index is 2.29. The molecule has 0 aliphatic heterocycles. The number of hydrogen-bond donors (Lipinski definition) is 0. The Morgan fingerprint density at radius 1 is 1.19 bits per heavy atom. The molecule has 0 radical (unpaired) electrons. The smallest absolute Gasteiger partial charge is 0.217 e. The van der Waals surface area contributed by atoms with Crippen molar-refractivity contribution in [2.75, 3.05) is 0 Å². The second-order valence-electron chi connectivity index (χ2n) is 3.59. The summed E-state index contributed by atoms with van der Waals surface area (Å²) in [5.41, 5.74) is 3.27. The topological polar surface area (TPSA) is 25.8 Å². The fraction of sp³-hybridized carbons (Fsp3) is 0.0909. The third-order valence-electron chi connectivity index (χ3n) is 2.62. The highest BCUT2D eigenvalue weighted by atomic mass is 35.5. The van der Waals surface area contributed by atoms with Crippen molar-refractivity contribution in [2.24, 2.45) is 0 Å². The molecular formula is C11H5Cl2FN2. The SMILES string of the molecule is Fc1ccc2c(c1)Cc1c(Cl)nc(Cl)nc1-2. The van der Waals surface area contributed by atoms with Crippen LogP contribution < -0.4 is 0 Å². The first-order valence-electron chi connectivity index (χ1n) is 4.66. The molecule has 0 unspecified atom stereocenters. The summed E-state index contributed by atoms with van der Waals surface area (Å²) in [4.78, 5) is 8.01. The predicted octanol–water partition coefficient (Wildman–Crippen LogP) is 3.49. The van der Waals surface area contributed by atoms with Crippen LogP contribution in [0.2, 0.25) is 10.4 Å². The van der Waals surface area contributed by atoms with Gasteiger partial charge < -0.3 is 0 Å². The molecule has 0 spiro atoms. The Kier molecular flexibility index (Phi) is 2.13. The van der Waals surface area contributed by atoms with Crippen LogP contribution in [0, 0.1) is 5.82 Å². The summed E-state index contributed by atoms with van der Waals surface area (Å²) in [6, 6.07) is 4.58. The van der Waals surface area contributed by atoms with Crippen LogP contribution in [-0.2, 0) is 6.42 Å². The number of benzene rings is 1. The molecular weight excluding hydrogens is 250 g/mol. The summed E-state index contributed by atoms with van der Waals surface area (Å²) < 4.78 is 13.1. The van der Waals surface area contributed by atoms with Crippen molar-refractivity contribution in [3.63, 3.8) is 0 Å². The zero-order valence-electron chi connectivity index (χ0n) is 7.97. The van der Waals surface area contributed by atoms with Crippen LogP contribution in [0.4, 0.5) is 4.39 Å². The lowest BCUT2D eigenvalue weighted by molar-refractivity contribution is 0.626. The van der Waals surface area contributed by atoms with E-state index in [2.05, 4.69) is 9.97 Å². The van der Waals surface area contributed by atoms with Crippen molar-refractivity contribution in [2.45, 2.75) is 6.42 Å². The largest absolute Gasteiger partial charge is 0.224 e. The third-order valence-corrected chi connectivity index (χ3v) is 3.10. The molecule has 2 aromatic rings. The molecule has 80 valence electrons. The zero-order valence-corrected chi connectivity index (χ0v) is 9.48. The van der Waals surface area contributed by atoms with E-state index in [1.54, 1.807) is 6.07 Å². The lowest BCUT2D eigenvalue weighted by Gasteiger charge is -2.01. The molecule has 0 atom stereocenters. The fourth-order valence-corrected chi connectivity index (χ4v) is 2.39. The summed E-state index contributed by atoms with van der Waals surface area (Å²) in [5, 5.41) is 0.451. The van der Waals surface area contributed by atoms with Gasteiger partial charge in [-0.1, -0.05) is 11.6 Å². The Labute approximate surface area is 101 Å². The molecule has 1 aromatic heterocycles. The molecule has 0 saturated heterocycles. The van der Waals surface area contributed by atoms with Crippen molar-refractivity contribution in [1.29, 1.82) is 0 Å². The monoisotopic (exact) mass is 254 g/mol. The van der Waals surface area contributed by atoms with Crippen molar-refractivity contribution in [1.82, 2.24) is 9.97 Å². The molecule has 1 aromatic carbocycles. The van der Waals surface area contributed by atoms with Gasteiger partial charge in [0, 0.05) is 17.5 Å². The van der Waals surface area contributed by atoms with Gasteiger partial charge in [-0.3, -0.25) is 0 Å².